The third-order valence-electron chi connectivity index (χ3n) is 10.1. The lowest BCUT2D eigenvalue weighted by Crippen LogP contribution is -2.06. The molecule has 250 valence electrons. The minimum Gasteiger partial charge on any atom is -0.354 e. The fourth-order valence-electron chi connectivity index (χ4n) is 7.83. The van der Waals surface area contributed by atoms with Gasteiger partial charge < -0.3 is 4.98 Å². The molecule has 0 unspecified atom stereocenters. The third kappa shape index (κ3) is 4.50. The van der Waals surface area contributed by atoms with E-state index in [9.17, 15) is 13.2 Å². The van der Waals surface area contributed by atoms with E-state index in [2.05, 4.69) is 75.2 Å². The fourth-order valence-corrected chi connectivity index (χ4v) is 7.83. The molecule has 4 heterocycles. The Labute approximate surface area is 295 Å². The van der Waals surface area contributed by atoms with Gasteiger partial charge in [0.1, 0.15) is 11.6 Å². The molecular weight excluding hydrogens is 656 g/mol. The van der Waals surface area contributed by atoms with Crippen LogP contribution in [0.4, 0.5) is 13.2 Å². The van der Waals surface area contributed by atoms with Gasteiger partial charge in [0, 0.05) is 50.1 Å². The molecule has 4 aromatic heterocycles. The summed E-state index contributed by atoms with van der Waals surface area (Å²) in [6.07, 6.45) is -2.83. The van der Waals surface area contributed by atoms with E-state index in [1.807, 2.05) is 65.2 Å². The topological polar surface area (TPSA) is 51.4 Å². The first kappa shape index (κ1) is 30.2. The lowest BCUT2D eigenvalue weighted by Gasteiger charge is -2.11. The Morgan fingerprint density at radius 2 is 1.38 bits per heavy atom. The number of pyridine rings is 1. The zero-order valence-electron chi connectivity index (χ0n) is 27.8. The molecule has 0 fully saturated rings. The molecule has 5 nitrogen and oxygen atoms in total. The van der Waals surface area contributed by atoms with Gasteiger partial charge in [0.25, 0.3) is 0 Å². The highest BCUT2D eigenvalue weighted by molar-refractivity contribution is 6.13. The lowest BCUT2D eigenvalue weighted by molar-refractivity contribution is -0.137. The average molecular weight is 684 g/mol. The van der Waals surface area contributed by atoms with Gasteiger partial charge in [-0.3, -0.25) is 9.13 Å². The van der Waals surface area contributed by atoms with Gasteiger partial charge in [-0.2, -0.15) is 13.2 Å². The van der Waals surface area contributed by atoms with Gasteiger partial charge in [-0.15, -0.1) is 0 Å². The second-order valence-corrected chi connectivity index (χ2v) is 13.1. The first-order valence-electron chi connectivity index (χ1n) is 17.0. The van der Waals surface area contributed by atoms with E-state index in [1.165, 1.54) is 12.1 Å². The normalized spacial score (nSPS) is 12.2. The molecule has 8 heteroatoms. The van der Waals surface area contributed by atoms with Gasteiger partial charge in [-0.25, -0.2) is 9.97 Å². The lowest BCUT2D eigenvalue weighted by atomic mass is 10.00. The van der Waals surface area contributed by atoms with Crippen molar-refractivity contribution in [2.45, 2.75) is 13.1 Å². The molecule has 0 atom stereocenters. The highest BCUT2D eigenvalue weighted by Gasteiger charge is 2.32. The summed E-state index contributed by atoms with van der Waals surface area (Å²) >= 11 is 0. The number of hydrogen-bond donors (Lipinski definition) is 1. The number of para-hydroxylation sites is 4. The third-order valence-corrected chi connectivity index (χ3v) is 10.1. The maximum absolute atomic E-state index is 14.1. The summed E-state index contributed by atoms with van der Waals surface area (Å²) in [6.45, 7) is 1.74. The molecule has 0 bridgehead atoms. The minimum absolute atomic E-state index is 0.457. The maximum Gasteiger partial charge on any atom is 0.416 e. The second-order valence-electron chi connectivity index (χ2n) is 13.1. The number of aromatic amines is 1. The number of nitrogens with zero attached hydrogens (tertiary/aromatic N) is 4. The highest BCUT2D eigenvalue weighted by Crippen LogP contribution is 2.42. The van der Waals surface area contributed by atoms with Gasteiger partial charge in [-0.1, -0.05) is 78.9 Å². The van der Waals surface area contributed by atoms with Crippen molar-refractivity contribution in [3.05, 3.63) is 157 Å². The first-order chi connectivity index (χ1) is 25.3. The van der Waals surface area contributed by atoms with E-state index in [0.29, 0.717) is 16.9 Å². The molecule has 0 aliphatic rings. The average Bonchev–Trinajstić information content (AvgIpc) is 3.85. The molecule has 0 spiro atoms. The van der Waals surface area contributed by atoms with Crippen molar-refractivity contribution >= 4 is 54.6 Å². The molecule has 0 aliphatic heterocycles. The Kier molecular flexibility index (Phi) is 6.48. The van der Waals surface area contributed by atoms with Crippen LogP contribution in [0.2, 0.25) is 0 Å². The van der Waals surface area contributed by atoms with Gasteiger partial charge in [0.05, 0.1) is 33.1 Å². The van der Waals surface area contributed by atoms with E-state index in [4.69, 9.17) is 4.98 Å². The van der Waals surface area contributed by atoms with Gasteiger partial charge in [-0.05, 0) is 78.7 Å². The predicted octanol–water partition coefficient (Wildman–Crippen LogP) is 11.8. The van der Waals surface area contributed by atoms with Crippen molar-refractivity contribution in [3.63, 3.8) is 0 Å². The molecule has 10 aromatic rings. The number of benzene rings is 6. The van der Waals surface area contributed by atoms with Crippen molar-refractivity contribution in [2.24, 2.45) is 0 Å². The number of alkyl halides is 3. The molecule has 10 rings (SSSR count). The molecule has 0 amide bonds. The van der Waals surface area contributed by atoms with Crippen LogP contribution in [0.25, 0.3) is 88.7 Å². The van der Waals surface area contributed by atoms with Crippen LogP contribution in [0.1, 0.15) is 11.1 Å². The summed E-state index contributed by atoms with van der Waals surface area (Å²) in [4.78, 5) is 13.6. The first-order valence-corrected chi connectivity index (χ1v) is 17.0. The summed E-state index contributed by atoms with van der Waals surface area (Å²) in [5.41, 5.74) is 8.64. The minimum atomic E-state index is -4.49. The molecule has 1 N–H and O–H groups in total. The second kappa shape index (κ2) is 11.2. The number of aryl methyl sites for hydroxylation is 1. The summed E-state index contributed by atoms with van der Waals surface area (Å²) < 4.78 is 46.3. The summed E-state index contributed by atoms with van der Waals surface area (Å²) in [7, 11) is 0. The maximum atomic E-state index is 14.1. The molecule has 52 heavy (non-hydrogen) atoms. The Hall–Kier alpha value is -6.67. The number of halogens is 3. The Morgan fingerprint density at radius 1 is 0.615 bits per heavy atom. The number of imidazole rings is 1. The number of nitrogens with one attached hydrogen (secondary N) is 1. The summed E-state index contributed by atoms with van der Waals surface area (Å²) in [6, 6.07) is 45.0. The van der Waals surface area contributed by atoms with Crippen LogP contribution >= 0.6 is 0 Å². The molecule has 0 aliphatic carbocycles. The molecular formula is C44H28F3N5. The Bertz CT molecular complexity index is 3010. The quantitative estimate of drug-likeness (QED) is 0.201. The van der Waals surface area contributed by atoms with Crippen molar-refractivity contribution in [2.75, 3.05) is 0 Å². The Morgan fingerprint density at radius 3 is 2.21 bits per heavy atom. The van der Waals surface area contributed by atoms with Gasteiger partial charge in [0.15, 0.2) is 0 Å². The number of rotatable bonds is 4. The van der Waals surface area contributed by atoms with Crippen molar-refractivity contribution < 1.29 is 13.2 Å². The number of H-pyrrole nitrogens is 1. The Balaban J connectivity index is 1.26. The predicted molar refractivity (Wildman–Crippen MR) is 203 cm³/mol. The van der Waals surface area contributed by atoms with Crippen molar-refractivity contribution in [3.8, 4) is 34.0 Å². The van der Waals surface area contributed by atoms with E-state index in [1.54, 1.807) is 19.2 Å². The summed E-state index contributed by atoms with van der Waals surface area (Å²) in [5, 5.41) is 3.89. The van der Waals surface area contributed by atoms with E-state index >= 15 is 0 Å². The number of aromatic nitrogens is 5. The summed E-state index contributed by atoms with van der Waals surface area (Å²) in [5.74, 6) is 1.34. The van der Waals surface area contributed by atoms with Crippen molar-refractivity contribution in [1.29, 1.82) is 0 Å². The van der Waals surface area contributed by atoms with Crippen molar-refractivity contribution in [1.82, 2.24) is 24.1 Å². The highest BCUT2D eigenvalue weighted by atomic mass is 19.4. The van der Waals surface area contributed by atoms with Crippen LogP contribution < -0.4 is 0 Å². The molecule has 0 saturated heterocycles. The zero-order valence-corrected chi connectivity index (χ0v) is 27.8. The van der Waals surface area contributed by atoms with Gasteiger partial charge >= 0.3 is 6.18 Å². The molecule has 0 radical (unpaired) electrons. The monoisotopic (exact) mass is 683 g/mol. The largest absolute Gasteiger partial charge is 0.416 e. The van der Waals surface area contributed by atoms with E-state index < -0.39 is 11.7 Å². The van der Waals surface area contributed by atoms with E-state index in [-0.39, 0.29) is 0 Å². The molecule has 0 saturated carbocycles. The van der Waals surface area contributed by atoms with Crippen LogP contribution in [0.5, 0.6) is 0 Å². The number of fused-ring (bicyclic) bond motifs is 7. The van der Waals surface area contributed by atoms with Crippen LogP contribution in [-0.2, 0) is 6.18 Å². The van der Waals surface area contributed by atoms with Crippen LogP contribution in [0, 0.1) is 6.92 Å². The standard InChI is InChI=1S/C44H28F3N5/c1-26-23-28(44(45,46)47)25-38-40(26)33-21-20-27(24-37(33)52(38)39-19-7-8-22-48-39)30-14-10-18-36-42(30)50-43(51(36)29-11-3-2-4-12-29)34-16-9-15-32-31-13-5-6-17-35(31)49-41(32)34/h2-25,49H,1H3. The smallest absolute Gasteiger partial charge is 0.354 e. The zero-order chi connectivity index (χ0) is 35.1. The SMILES string of the molecule is Cc1cc(C(F)(F)F)cc2c1c1ccc(-c3cccc4c3nc(-c3cccc5c3[nH]c3ccccc35)n4-c3ccccc3)cc1n2-c1ccccn1. The number of hydrogen-bond acceptors (Lipinski definition) is 2. The molecule has 6 aromatic carbocycles. The van der Waals surface area contributed by atoms with E-state index in [0.717, 1.165) is 77.3 Å². The fraction of sp³-hybridized carbons (Fsp3) is 0.0455. The van der Waals surface area contributed by atoms with Crippen LogP contribution in [-0.4, -0.2) is 24.1 Å². The van der Waals surface area contributed by atoms with Gasteiger partial charge in [0.2, 0.25) is 0 Å². The van der Waals surface area contributed by atoms with Crippen LogP contribution in [0.3, 0.4) is 0 Å². The van der Waals surface area contributed by atoms with Crippen LogP contribution in [0.15, 0.2) is 146 Å².